The number of rotatable bonds is 4. The van der Waals surface area contributed by atoms with Crippen LogP contribution >= 0.6 is 23.2 Å². The van der Waals surface area contributed by atoms with E-state index in [-0.39, 0.29) is 34.6 Å². The lowest BCUT2D eigenvalue weighted by molar-refractivity contribution is 0.0896. The summed E-state index contributed by atoms with van der Waals surface area (Å²) in [5.74, 6) is -0.191. The van der Waals surface area contributed by atoms with E-state index in [4.69, 9.17) is 28.3 Å². The smallest absolute Gasteiger partial charge is 0.253 e. The average Bonchev–Trinajstić information content (AvgIpc) is 2.28. The van der Waals surface area contributed by atoms with Crippen molar-refractivity contribution in [2.75, 3.05) is 6.61 Å². The van der Waals surface area contributed by atoms with Crippen LogP contribution in [0.3, 0.4) is 0 Å². The predicted octanol–water partition coefficient (Wildman–Crippen LogP) is 2.14. The zero-order valence-electron chi connectivity index (χ0n) is 9.58. The molecule has 94 valence electrons. The lowest BCUT2D eigenvalue weighted by Crippen LogP contribution is -2.41. The highest BCUT2D eigenvalue weighted by Crippen LogP contribution is 2.19. The summed E-state index contributed by atoms with van der Waals surface area (Å²) in [5.41, 5.74) is 0.318. The van der Waals surface area contributed by atoms with Gasteiger partial charge in [-0.25, -0.2) is 4.98 Å². The summed E-state index contributed by atoms with van der Waals surface area (Å²) in [6.45, 7) is 3.71. The zero-order valence-corrected chi connectivity index (χ0v) is 11.1. The number of hydrogen-bond donors (Lipinski definition) is 2. The summed E-state index contributed by atoms with van der Waals surface area (Å²) >= 11 is 11.4. The molecule has 4 nitrogen and oxygen atoms in total. The summed E-state index contributed by atoms with van der Waals surface area (Å²) in [7, 11) is 0. The van der Waals surface area contributed by atoms with E-state index in [0.717, 1.165) is 0 Å². The fourth-order valence-electron chi connectivity index (χ4n) is 1.22. The van der Waals surface area contributed by atoms with Crippen LogP contribution in [0.2, 0.25) is 10.2 Å². The van der Waals surface area contributed by atoms with Gasteiger partial charge in [0.25, 0.3) is 5.91 Å². The quantitative estimate of drug-likeness (QED) is 0.829. The number of hydrogen-bond acceptors (Lipinski definition) is 3. The van der Waals surface area contributed by atoms with E-state index in [9.17, 15) is 4.79 Å². The Balaban J connectivity index is 2.79. The number of amides is 1. The summed E-state index contributed by atoms with van der Waals surface area (Å²) in [6.07, 6.45) is 1.35. The third kappa shape index (κ3) is 3.84. The Kier molecular flexibility index (Phi) is 5.18. The van der Waals surface area contributed by atoms with Gasteiger partial charge in [-0.15, -0.1) is 0 Å². The largest absolute Gasteiger partial charge is 0.394 e. The fourth-order valence-corrected chi connectivity index (χ4v) is 1.49. The van der Waals surface area contributed by atoms with E-state index in [1.54, 1.807) is 0 Å². The van der Waals surface area contributed by atoms with Crippen molar-refractivity contribution in [1.82, 2.24) is 10.3 Å². The monoisotopic (exact) mass is 276 g/mol. The second kappa shape index (κ2) is 6.19. The van der Waals surface area contributed by atoms with Gasteiger partial charge in [0, 0.05) is 6.20 Å². The summed E-state index contributed by atoms with van der Waals surface area (Å²) in [6, 6.07) is 1.15. The SMILES string of the molecule is CC(C)C(CO)NC(=O)c1cnc(Cl)c(Cl)c1. The van der Waals surface area contributed by atoms with Crippen LogP contribution in [0, 0.1) is 5.92 Å². The van der Waals surface area contributed by atoms with Crippen LogP contribution < -0.4 is 5.32 Å². The molecular weight excluding hydrogens is 263 g/mol. The lowest BCUT2D eigenvalue weighted by atomic mass is 10.1. The fraction of sp³-hybridized carbons (Fsp3) is 0.455. The van der Waals surface area contributed by atoms with Crippen molar-refractivity contribution in [2.24, 2.45) is 5.92 Å². The first-order valence-electron chi connectivity index (χ1n) is 5.18. The number of aromatic nitrogens is 1. The molecule has 1 rings (SSSR count). The molecule has 2 N–H and O–H groups in total. The van der Waals surface area contributed by atoms with Gasteiger partial charge in [0.1, 0.15) is 5.15 Å². The Bertz CT molecular complexity index is 410. The molecule has 0 saturated heterocycles. The number of halogens is 2. The van der Waals surface area contributed by atoms with Crippen LogP contribution in [0.1, 0.15) is 24.2 Å². The van der Waals surface area contributed by atoms with E-state index in [1.165, 1.54) is 12.3 Å². The lowest BCUT2D eigenvalue weighted by Gasteiger charge is -2.19. The molecule has 0 saturated carbocycles. The van der Waals surface area contributed by atoms with E-state index >= 15 is 0 Å². The van der Waals surface area contributed by atoms with Gasteiger partial charge in [-0.2, -0.15) is 0 Å². The Morgan fingerprint density at radius 1 is 1.53 bits per heavy atom. The van der Waals surface area contributed by atoms with Crippen LogP contribution in [0.25, 0.3) is 0 Å². The Morgan fingerprint density at radius 2 is 2.18 bits per heavy atom. The number of aliphatic hydroxyl groups excluding tert-OH is 1. The predicted molar refractivity (Wildman–Crippen MR) is 67.4 cm³/mol. The van der Waals surface area contributed by atoms with Crippen molar-refractivity contribution in [3.8, 4) is 0 Å². The maximum absolute atomic E-state index is 11.8. The minimum atomic E-state index is -0.330. The third-order valence-electron chi connectivity index (χ3n) is 2.38. The highest BCUT2D eigenvalue weighted by Gasteiger charge is 2.17. The molecular formula is C11H14Cl2N2O2. The van der Waals surface area contributed by atoms with Crippen molar-refractivity contribution in [3.05, 3.63) is 28.0 Å². The Labute approximate surface area is 110 Å². The van der Waals surface area contributed by atoms with E-state index in [2.05, 4.69) is 10.3 Å². The molecule has 1 aromatic rings. The molecule has 1 unspecified atom stereocenters. The van der Waals surface area contributed by atoms with Gasteiger partial charge in [-0.3, -0.25) is 4.79 Å². The Morgan fingerprint density at radius 3 is 2.65 bits per heavy atom. The third-order valence-corrected chi connectivity index (χ3v) is 3.06. The number of carbonyl (C=O) groups excluding carboxylic acids is 1. The summed E-state index contributed by atoms with van der Waals surface area (Å²) in [5, 5.41) is 12.2. The minimum Gasteiger partial charge on any atom is -0.394 e. The van der Waals surface area contributed by atoms with Gasteiger partial charge in [0.2, 0.25) is 0 Å². The van der Waals surface area contributed by atoms with Crippen LogP contribution in [0.4, 0.5) is 0 Å². The van der Waals surface area contributed by atoms with Crippen LogP contribution in [-0.4, -0.2) is 28.6 Å². The van der Waals surface area contributed by atoms with E-state index < -0.39 is 0 Å². The maximum Gasteiger partial charge on any atom is 0.253 e. The molecule has 1 amide bonds. The van der Waals surface area contributed by atoms with Crippen molar-refractivity contribution in [1.29, 1.82) is 0 Å². The minimum absolute atomic E-state index is 0.113. The second-order valence-electron chi connectivity index (χ2n) is 4.00. The molecule has 0 spiro atoms. The summed E-state index contributed by atoms with van der Waals surface area (Å²) < 4.78 is 0. The highest BCUT2D eigenvalue weighted by atomic mass is 35.5. The van der Waals surface area contributed by atoms with Gasteiger partial charge in [-0.1, -0.05) is 37.0 Å². The molecule has 0 aliphatic rings. The molecule has 0 fully saturated rings. The van der Waals surface area contributed by atoms with Gasteiger partial charge in [-0.05, 0) is 12.0 Å². The molecule has 0 aromatic carbocycles. The van der Waals surface area contributed by atoms with Crippen molar-refractivity contribution in [2.45, 2.75) is 19.9 Å². The van der Waals surface area contributed by atoms with Crippen molar-refractivity contribution < 1.29 is 9.90 Å². The van der Waals surface area contributed by atoms with Gasteiger partial charge >= 0.3 is 0 Å². The highest BCUT2D eigenvalue weighted by molar-refractivity contribution is 6.41. The topological polar surface area (TPSA) is 62.2 Å². The van der Waals surface area contributed by atoms with Crippen LogP contribution in [0.5, 0.6) is 0 Å². The molecule has 1 aromatic heterocycles. The van der Waals surface area contributed by atoms with Gasteiger partial charge in [0.15, 0.2) is 0 Å². The first kappa shape index (κ1) is 14.2. The number of nitrogens with one attached hydrogen (secondary N) is 1. The molecule has 0 radical (unpaired) electrons. The zero-order chi connectivity index (χ0) is 13.0. The van der Waals surface area contributed by atoms with Crippen LogP contribution in [-0.2, 0) is 0 Å². The first-order chi connectivity index (χ1) is 7.95. The number of pyridine rings is 1. The summed E-state index contributed by atoms with van der Waals surface area (Å²) in [4.78, 5) is 15.6. The van der Waals surface area contributed by atoms with Crippen LogP contribution in [0.15, 0.2) is 12.3 Å². The Hall–Kier alpha value is -0.840. The molecule has 1 heterocycles. The number of carbonyl (C=O) groups is 1. The average molecular weight is 277 g/mol. The molecule has 0 aliphatic carbocycles. The molecule has 17 heavy (non-hydrogen) atoms. The molecule has 6 heteroatoms. The molecule has 0 bridgehead atoms. The number of nitrogens with zero attached hydrogens (tertiary/aromatic N) is 1. The van der Waals surface area contributed by atoms with Gasteiger partial charge in [0.05, 0.1) is 23.2 Å². The maximum atomic E-state index is 11.8. The van der Waals surface area contributed by atoms with Crippen molar-refractivity contribution in [3.63, 3.8) is 0 Å². The van der Waals surface area contributed by atoms with E-state index in [1.807, 2.05) is 13.8 Å². The second-order valence-corrected chi connectivity index (χ2v) is 4.77. The standard InChI is InChI=1S/C11H14Cl2N2O2/c1-6(2)9(5-16)15-11(17)7-3-8(12)10(13)14-4-7/h3-4,6,9,16H,5H2,1-2H3,(H,15,17). The molecule has 0 aliphatic heterocycles. The number of aliphatic hydroxyl groups is 1. The normalized spacial score (nSPS) is 12.6. The van der Waals surface area contributed by atoms with Gasteiger partial charge < -0.3 is 10.4 Å². The van der Waals surface area contributed by atoms with E-state index in [0.29, 0.717) is 5.56 Å². The first-order valence-corrected chi connectivity index (χ1v) is 5.94. The van der Waals surface area contributed by atoms with Crippen molar-refractivity contribution >= 4 is 29.1 Å². The molecule has 1 atom stereocenters.